The van der Waals surface area contributed by atoms with Crippen molar-refractivity contribution >= 4 is 11.6 Å². The van der Waals surface area contributed by atoms with Gasteiger partial charge in [-0.3, -0.25) is 4.98 Å². The number of rotatable bonds is 4. The number of furan rings is 1. The van der Waals surface area contributed by atoms with E-state index in [2.05, 4.69) is 10.3 Å². The highest BCUT2D eigenvalue weighted by Gasteiger charge is 2.08. The molecule has 1 N–H and O–H groups in total. The normalized spacial score (nSPS) is 12.6. The van der Waals surface area contributed by atoms with Crippen molar-refractivity contribution in [3.63, 3.8) is 0 Å². The average Bonchev–Trinajstić information content (AvgIpc) is 2.81. The first-order valence-corrected chi connectivity index (χ1v) is 5.50. The van der Waals surface area contributed by atoms with Crippen molar-refractivity contribution in [2.75, 3.05) is 0 Å². The Morgan fingerprint density at radius 3 is 3.06 bits per heavy atom. The molecule has 2 rings (SSSR count). The Labute approximate surface area is 99.5 Å². The lowest BCUT2D eigenvalue weighted by Crippen LogP contribution is -2.17. The van der Waals surface area contributed by atoms with Gasteiger partial charge in [-0.25, -0.2) is 0 Å². The van der Waals surface area contributed by atoms with Crippen LogP contribution in [0.4, 0.5) is 0 Å². The molecule has 0 radical (unpaired) electrons. The van der Waals surface area contributed by atoms with Crippen LogP contribution in [-0.2, 0) is 6.54 Å². The Morgan fingerprint density at radius 2 is 2.38 bits per heavy atom. The maximum atomic E-state index is 6.01. The van der Waals surface area contributed by atoms with Gasteiger partial charge < -0.3 is 9.73 Å². The minimum atomic E-state index is 0.166. The van der Waals surface area contributed by atoms with Crippen LogP contribution in [0.2, 0.25) is 5.02 Å². The van der Waals surface area contributed by atoms with Crippen molar-refractivity contribution < 1.29 is 4.42 Å². The molecule has 0 fully saturated rings. The van der Waals surface area contributed by atoms with Gasteiger partial charge in [0, 0.05) is 18.9 Å². The summed E-state index contributed by atoms with van der Waals surface area (Å²) in [7, 11) is 0. The number of nitrogens with zero attached hydrogens (tertiary/aromatic N) is 1. The van der Waals surface area contributed by atoms with Crippen molar-refractivity contribution in [1.82, 2.24) is 10.3 Å². The van der Waals surface area contributed by atoms with Crippen LogP contribution in [0.15, 0.2) is 41.3 Å². The Kier molecular flexibility index (Phi) is 3.59. The van der Waals surface area contributed by atoms with Crippen LogP contribution in [0.3, 0.4) is 0 Å². The minimum absolute atomic E-state index is 0.166. The van der Waals surface area contributed by atoms with Crippen LogP contribution < -0.4 is 5.32 Å². The van der Waals surface area contributed by atoms with Crippen molar-refractivity contribution in [3.05, 3.63) is 53.2 Å². The summed E-state index contributed by atoms with van der Waals surface area (Å²) in [5.41, 5.74) is 1.04. The summed E-state index contributed by atoms with van der Waals surface area (Å²) in [6.07, 6.45) is 5.06. The quantitative estimate of drug-likeness (QED) is 0.886. The topological polar surface area (TPSA) is 38.1 Å². The van der Waals surface area contributed by atoms with Gasteiger partial charge in [0.25, 0.3) is 0 Å². The fraction of sp³-hybridized carbons (Fsp3) is 0.250. The van der Waals surface area contributed by atoms with Gasteiger partial charge in [-0.05, 0) is 30.7 Å². The molecule has 0 amide bonds. The molecule has 0 spiro atoms. The zero-order valence-electron chi connectivity index (χ0n) is 8.98. The van der Waals surface area contributed by atoms with Crippen LogP contribution >= 0.6 is 11.6 Å². The van der Waals surface area contributed by atoms with Gasteiger partial charge in [0.1, 0.15) is 5.76 Å². The second-order valence-electron chi connectivity index (χ2n) is 3.59. The third kappa shape index (κ3) is 2.62. The van der Waals surface area contributed by atoms with Gasteiger partial charge in [0.2, 0.25) is 0 Å². The van der Waals surface area contributed by atoms with Gasteiger partial charge >= 0.3 is 0 Å². The van der Waals surface area contributed by atoms with E-state index in [1.165, 1.54) is 0 Å². The fourth-order valence-corrected chi connectivity index (χ4v) is 1.63. The number of halogens is 1. The van der Waals surface area contributed by atoms with E-state index >= 15 is 0 Å². The van der Waals surface area contributed by atoms with Gasteiger partial charge in [-0.2, -0.15) is 0 Å². The summed E-state index contributed by atoms with van der Waals surface area (Å²) in [5.74, 6) is 0.921. The molecule has 0 aliphatic carbocycles. The Morgan fingerprint density at radius 1 is 1.50 bits per heavy atom. The van der Waals surface area contributed by atoms with E-state index in [0.717, 1.165) is 11.3 Å². The molecule has 4 heteroatoms. The van der Waals surface area contributed by atoms with E-state index in [4.69, 9.17) is 16.0 Å². The molecule has 0 unspecified atom stereocenters. The van der Waals surface area contributed by atoms with Gasteiger partial charge in [0.15, 0.2) is 0 Å². The molecule has 2 aromatic rings. The standard InChI is InChI=1S/C12H13ClN2O/c1-9(12-3-2-6-16-12)15-7-10-4-5-14-8-11(10)13/h2-6,8-9,15H,7H2,1H3/t9-/m1/s1. The second kappa shape index (κ2) is 5.14. The molecule has 3 nitrogen and oxygen atoms in total. The Bertz CT molecular complexity index is 442. The van der Waals surface area contributed by atoms with Gasteiger partial charge in [-0.1, -0.05) is 11.6 Å². The number of pyridine rings is 1. The SMILES string of the molecule is C[C@@H](NCc1ccncc1Cl)c1ccco1. The molecule has 0 saturated heterocycles. The maximum Gasteiger partial charge on any atom is 0.120 e. The highest BCUT2D eigenvalue weighted by Crippen LogP contribution is 2.16. The first kappa shape index (κ1) is 11.2. The lowest BCUT2D eigenvalue weighted by atomic mass is 10.2. The minimum Gasteiger partial charge on any atom is -0.468 e. The third-order valence-electron chi connectivity index (χ3n) is 2.43. The lowest BCUT2D eigenvalue weighted by molar-refractivity contribution is 0.430. The molecular weight excluding hydrogens is 224 g/mol. The van der Waals surface area contributed by atoms with Crippen molar-refractivity contribution in [1.29, 1.82) is 0 Å². The fourth-order valence-electron chi connectivity index (χ4n) is 1.45. The molecule has 0 aliphatic rings. The lowest BCUT2D eigenvalue weighted by Gasteiger charge is -2.11. The molecule has 0 bridgehead atoms. The molecular formula is C12H13ClN2O. The smallest absolute Gasteiger partial charge is 0.120 e. The van der Waals surface area contributed by atoms with E-state index in [0.29, 0.717) is 11.6 Å². The summed E-state index contributed by atoms with van der Waals surface area (Å²) in [6, 6.07) is 5.90. The molecule has 84 valence electrons. The molecule has 0 aliphatic heterocycles. The van der Waals surface area contributed by atoms with Crippen LogP contribution in [-0.4, -0.2) is 4.98 Å². The van der Waals surface area contributed by atoms with Crippen LogP contribution in [0, 0.1) is 0 Å². The van der Waals surface area contributed by atoms with Crippen molar-refractivity contribution in [2.45, 2.75) is 19.5 Å². The van der Waals surface area contributed by atoms with E-state index < -0.39 is 0 Å². The average molecular weight is 237 g/mol. The first-order chi connectivity index (χ1) is 7.77. The highest BCUT2D eigenvalue weighted by atomic mass is 35.5. The van der Waals surface area contributed by atoms with E-state index in [9.17, 15) is 0 Å². The maximum absolute atomic E-state index is 6.01. The molecule has 0 aromatic carbocycles. The van der Waals surface area contributed by atoms with Gasteiger partial charge in [0.05, 0.1) is 17.3 Å². The molecule has 16 heavy (non-hydrogen) atoms. The second-order valence-corrected chi connectivity index (χ2v) is 3.99. The molecule has 2 heterocycles. The molecule has 1 atom stereocenters. The first-order valence-electron chi connectivity index (χ1n) is 5.12. The molecule has 2 aromatic heterocycles. The van der Waals surface area contributed by atoms with Crippen LogP contribution in [0.5, 0.6) is 0 Å². The predicted molar refractivity (Wildman–Crippen MR) is 63.2 cm³/mol. The number of hydrogen-bond donors (Lipinski definition) is 1. The zero-order valence-corrected chi connectivity index (χ0v) is 9.74. The summed E-state index contributed by atoms with van der Waals surface area (Å²) in [5, 5.41) is 4.02. The molecule has 0 saturated carbocycles. The monoisotopic (exact) mass is 236 g/mol. The zero-order chi connectivity index (χ0) is 11.4. The Balaban J connectivity index is 1.95. The van der Waals surface area contributed by atoms with E-state index in [-0.39, 0.29) is 6.04 Å². The largest absolute Gasteiger partial charge is 0.468 e. The summed E-state index contributed by atoms with van der Waals surface area (Å²) in [6.45, 7) is 2.75. The Hall–Kier alpha value is -1.32. The van der Waals surface area contributed by atoms with Gasteiger partial charge in [-0.15, -0.1) is 0 Å². The van der Waals surface area contributed by atoms with Crippen LogP contribution in [0.1, 0.15) is 24.3 Å². The number of hydrogen-bond acceptors (Lipinski definition) is 3. The third-order valence-corrected chi connectivity index (χ3v) is 2.77. The van der Waals surface area contributed by atoms with Crippen molar-refractivity contribution in [3.8, 4) is 0 Å². The van der Waals surface area contributed by atoms with E-state index in [1.54, 1.807) is 18.7 Å². The highest BCUT2D eigenvalue weighted by molar-refractivity contribution is 6.31. The number of nitrogens with one attached hydrogen (secondary N) is 1. The predicted octanol–water partition coefficient (Wildman–Crippen LogP) is 3.18. The van der Waals surface area contributed by atoms with Crippen molar-refractivity contribution in [2.24, 2.45) is 0 Å². The number of aromatic nitrogens is 1. The summed E-state index contributed by atoms with van der Waals surface area (Å²) < 4.78 is 5.31. The van der Waals surface area contributed by atoms with Crippen LogP contribution in [0.25, 0.3) is 0 Å². The summed E-state index contributed by atoms with van der Waals surface area (Å²) in [4.78, 5) is 3.94. The van der Waals surface area contributed by atoms with E-state index in [1.807, 2.05) is 25.1 Å². The summed E-state index contributed by atoms with van der Waals surface area (Å²) >= 11 is 6.01.